The Morgan fingerprint density at radius 2 is 2.00 bits per heavy atom. The van der Waals surface area contributed by atoms with Crippen LogP contribution in [-0.2, 0) is 6.61 Å². The molecule has 0 spiro atoms. The van der Waals surface area contributed by atoms with Crippen molar-refractivity contribution in [2.75, 3.05) is 19.1 Å². The van der Waals surface area contributed by atoms with Crippen LogP contribution in [0.4, 0.5) is 11.5 Å². The van der Waals surface area contributed by atoms with E-state index in [-0.39, 0.29) is 6.61 Å². The van der Waals surface area contributed by atoms with E-state index < -0.39 is 0 Å². The average molecular weight is 286 g/mol. The Labute approximate surface area is 126 Å². The van der Waals surface area contributed by atoms with E-state index in [1.165, 1.54) is 0 Å². The number of benzene rings is 1. The van der Waals surface area contributed by atoms with Crippen molar-refractivity contribution in [3.63, 3.8) is 0 Å². The number of aliphatic hydroxyl groups is 1. The first-order valence-corrected chi connectivity index (χ1v) is 7.04. The molecule has 1 aromatic heterocycles. The van der Waals surface area contributed by atoms with Crippen molar-refractivity contribution in [2.45, 2.75) is 26.4 Å². The van der Waals surface area contributed by atoms with Crippen LogP contribution in [0, 0.1) is 0 Å². The first-order chi connectivity index (χ1) is 10.0. The second-order valence-electron chi connectivity index (χ2n) is 5.33. The fourth-order valence-electron chi connectivity index (χ4n) is 2.10. The summed E-state index contributed by atoms with van der Waals surface area (Å²) in [6.45, 7) is 4.21. The quantitative estimate of drug-likeness (QED) is 0.914. The Morgan fingerprint density at radius 1 is 1.24 bits per heavy atom. The van der Waals surface area contributed by atoms with Crippen molar-refractivity contribution in [1.82, 2.24) is 4.98 Å². The molecule has 2 rings (SSSR count). The molecule has 2 aromatic rings. The van der Waals surface area contributed by atoms with Gasteiger partial charge in [0.05, 0.1) is 13.7 Å². The molecule has 0 unspecified atom stereocenters. The third-order valence-electron chi connectivity index (χ3n) is 3.45. The predicted molar refractivity (Wildman–Crippen MR) is 85.3 cm³/mol. The maximum absolute atomic E-state index is 9.44. The van der Waals surface area contributed by atoms with Crippen molar-refractivity contribution in [3.05, 3.63) is 47.7 Å². The van der Waals surface area contributed by atoms with E-state index in [0.29, 0.717) is 5.92 Å². The minimum absolute atomic E-state index is 0.0151. The Kier molecular flexibility index (Phi) is 4.81. The number of hydrogen-bond donors (Lipinski definition) is 1. The molecule has 4 heteroatoms. The molecule has 0 fully saturated rings. The molecule has 0 atom stereocenters. The molecule has 21 heavy (non-hydrogen) atoms. The lowest BCUT2D eigenvalue weighted by Gasteiger charge is -2.21. The van der Waals surface area contributed by atoms with Gasteiger partial charge in [-0.05, 0) is 35.7 Å². The third kappa shape index (κ3) is 3.52. The summed E-state index contributed by atoms with van der Waals surface area (Å²) in [5.41, 5.74) is 2.84. The molecule has 1 heterocycles. The van der Waals surface area contributed by atoms with Crippen molar-refractivity contribution in [2.24, 2.45) is 0 Å². The van der Waals surface area contributed by atoms with Crippen LogP contribution in [0.2, 0.25) is 0 Å². The number of methoxy groups -OCH3 is 1. The summed E-state index contributed by atoms with van der Waals surface area (Å²) in [6.07, 6.45) is 0. The van der Waals surface area contributed by atoms with Gasteiger partial charge in [-0.15, -0.1) is 0 Å². The number of rotatable bonds is 5. The zero-order valence-electron chi connectivity index (χ0n) is 13.0. The number of hydrogen-bond acceptors (Lipinski definition) is 4. The number of nitrogens with zero attached hydrogens (tertiary/aromatic N) is 2. The first-order valence-electron chi connectivity index (χ1n) is 7.04. The van der Waals surface area contributed by atoms with Crippen LogP contribution in [0.25, 0.3) is 0 Å². The van der Waals surface area contributed by atoms with Gasteiger partial charge >= 0.3 is 0 Å². The number of aromatic nitrogens is 1. The standard InChI is InChI=1S/C17H22N2O2/c1-12(2)16-8-13(11-20)9-17(18-16)19(3)14-6-5-7-15(10-14)21-4/h5-10,12,20H,11H2,1-4H3. The highest BCUT2D eigenvalue weighted by molar-refractivity contribution is 5.61. The van der Waals surface area contributed by atoms with Crippen LogP contribution in [0.1, 0.15) is 31.0 Å². The number of anilines is 2. The van der Waals surface area contributed by atoms with E-state index in [2.05, 4.69) is 18.8 Å². The second-order valence-corrected chi connectivity index (χ2v) is 5.33. The van der Waals surface area contributed by atoms with Crippen molar-refractivity contribution in [3.8, 4) is 5.75 Å². The minimum Gasteiger partial charge on any atom is -0.497 e. The maximum atomic E-state index is 9.44. The number of ether oxygens (including phenoxy) is 1. The SMILES string of the molecule is COc1cccc(N(C)c2cc(CO)cc(C(C)C)n2)c1. The van der Waals surface area contributed by atoms with Crippen LogP contribution in [-0.4, -0.2) is 24.2 Å². The zero-order chi connectivity index (χ0) is 15.4. The fraction of sp³-hybridized carbons (Fsp3) is 0.353. The van der Waals surface area contributed by atoms with E-state index in [1.54, 1.807) is 7.11 Å². The van der Waals surface area contributed by atoms with Crippen LogP contribution in [0.3, 0.4) is 0 Å². The van der Waals surface area contributed by atoms with E-state index in [1.807, 2.05) is 48.3 Å². The molecule has 1 aromatic carbocycles. The first kappa shape index (κ1) is 15.3. The van der Waals surface area contributed by atoms with E-state index in [4.69, 9.17) is 4.74 Å². The second kappa shape index (κ2) is 6.59. The molecule has 0 saturated heterocycles. The Hall–Kier alpha value is -2.07. The number of aliphatic hydroxyl groups excluding tert-OH is 1. The summed E-state index contributed by atoms with van der Waals surface area (Å²) < 4.78 is 5.26. The average Bonchev–Trinajstić information content (AvgIpc) is 2.53. The topological polar surface area (TPSA) is 45.6 Å². The Morgan fingerprint density at radius 3 is 2.62 bits per heavy atom. The lowest BCUT2D eigenvalue weighted by molar-refractivity contribution is 0.281. The van der Waals surface area contributed by atoms with Gasteiger partial charge < -0.3 is 14.7 Å². The predicted octanol–water partition coefficient (Wildman–Crippen LogP) is 3.47. The monoisotopic (exact) mass is 286 g/mol. The minimum atomic E-state index is 0.0151. The summed E-state index contributed by atoms with van der Waals surface area (Å²) in [5, 5.41) is 9.44. The molecule has 0 radical (unpaired) electrons. The van der Waals surface area contributed by atoms with Gasteiger partial charge in [-0.1, -0.05) is 19.9 Å². The van der Waals surface area contributed by atoms with E-state index in [0.717, 1.165) is 28.5 Å². The summed E-state index contributed by atoms with van der Waals surface area (Å²) >= 11 is 0. The highest BCUT2D eigenvalue weighted by Crippen LogP contribution is 2.27. The van der Waals surface area contributed by atoms with Gasteiger partial charge in [-0.3, -0.25) is 0 Å². The van der Waals surface area contributed by atoms with Crippen molar-refractivity contribution in [1.29, 1.82) is 0 Å². The molecule has 112 valence electrons. The van der Waals surface area contributed by atoms with Crippen LogP contribution in [0.5, 0.6) is 5.75 Å². The van der Waals surface area contributed by atoms with E-state index >= 15 is 0 Å². The van der Waals surface area contributed by atoms with Gasteiger partial charge in [0.1, 0.15) is 11.6 Å². The summed E-state index contributed by atoms with van der Waals surface area (Å²) in [7, 11) is 3.61. The smallest absolute Gasteiger partial charge is 0.133 e. The lowest BCUT2D eigenvalue weighted by Crippen LogP contribution is -2.13. The molecular weight excluding hydrogens is 264 g/mol. The van der Waals surface area contributed by atoms with Gasteiger partial charge in [-0.25, -0.2) is 4.98 Å². The van der Waals surface area contributed by atoms with Crippen molar-refractivity contribution >= 4 is 11.5 Å². The van der Waals surface area contributed by atoms with Gasteiger partial charge in [-0.2, -0.15) is 0 Å². The summed E-state index contributed by atoms with van der Waals surface area (Å²) in [4.78, 5) is 6.68. The van der Waals surface area contributed by atoms with Crippen LogP contribution in [0.15, 0.2) is 36.4 Å². The molecule has 4 nitrogen and oxygen atoms in total. The molecular formula is C17H22N2O2. The largest absolute Gasteiger partial charge is 0.497 e. The Bertz CT molecular complexity index is 611. The highest BCUT2D eigenvalue weighted by atomic mass is 16.5. The summed E-state index contributed by atoms with van der Waals surface area (Å²) in [6, 6.07) is 11.7. The molecule has 0 aliphatic rings. The van der Waals surface area contributed by atoms with Gasteiger partial charge in [0, 0.05) is 24.5 Å². The third-order valence-corrected chi connectivity index (χ3v) is 3.45. The molecule has 0 saturated carbocycles. The normalized spacial score (nSPS) is 10.8. The highest BCUT2D eigenvalue weighted by Gasteiger charge is 2.11. The lowest BCUT2D eigenvalue weighted by atomic mass is 10.1. The molecule has 0 bridgehead atoms. The summed E-state index contributed by atoms with van der Waals surface area (Å²) in [5.74, 6) is 1.94. The molecule has 0 amide bonds. The van der Waals surface area contributed by atoms with E-state index in [9.17, 15) is 5.11 Å². The maximum Gasteiger partial charge on any atom is 0.133 e. The zero-order valence-corrected chi connectivity index (χ0v) is 13.0. The number of pyridine rings is 1. The molecule has 0 aliphatic carbocycles. The van der Waals surface area contributed by atoms with Crippen LogP contribution < -0.4 is 9.64 Å². The fourth-order valence-corrected chi connectivity index (χ4v) is 2.10. The van der Waals surface area contributed by atoms with Gasteiger partial charge in [0.2, 0.25) is 0 Å². The molecule has 1 N–H and O–H groups in total. The van der Waals surface area contributed by atoms with Crippen molar-refractivity contribution < 1.29 is 9.84 Å². The molecule has 0 aliphatic heterocycles. The van der Waals surface area contributed by atoms with Gasteiger partial charge in [0.15, 0.2) is 0 Å². The van der Waals surface area contributed by atoms with Crippen LogP contribution >= 0.6 is 0 Å². The Balaban J connectivity index is 2.41. The van der Waals surface area contributed by atoms with Gasteiger partial charge in [0.25, 0.3) is 0 Å².